The first-order valence-corrected chi connectivity index (χ1v) is 10.0. The van der Waals surface area contributed by atoms with Gasteiger partial charge in [-0.15, -0.1) is 5.10 Å². The predicted octanol–water partition coefficient (Wildman–Crippen LogP) is 1.51. The molecule has 120 valence electrons. The van der Waals surface area contributed by atoms with E-state index >= 15 is 0 Å². The van der Waals surface area contributed by atoms with Gasteiger partial charge in [0, 0.05) is 17.5 Å². The van der Waals surface area contributed by atoms with E-state index in [1.165, 1.54) is 6.26 Å². The van der Waals surface area contributed by atoms with Gasteiger partial charge in [-0.3, -0.25) is 8.93 Å². The number of sulfonamides is 1. The smallest absolute Gasteiger partial charge is 0.237 e. The Morgan fingerprint density at radius 1 is 1.22 bits per heavy atom. The molecular formula is C14H14N4O3S2. The average molecular weight is 350 g/mol. The number of benzene rings is 1. The fourth-order valence-electron chi connectivity index (χ4n) is 2.19. The summed E-state index contributed by atoms with van der Waals surface area (Å²) in [7, 11) is -4.63. The van der Waals surface area contributed by atoms with Crippen molar-refractivity contribution in [3.8, 4) is 11.3 Å². The molecule has 0 radical (unpaired) electrons. The lowest BCUT2D eigenvalue weighted by Crippen LogP contribution is -2.09. The monoisotopic (exact) mass is 350 g/mol. The van der Waals surface area contributed by atoms with Gasteiger partial charge in [-0.1, -0.05) is 12.1 Å². The molecule has 7 nitrogen and oxygen atoms in total. The molecule has 1 unspecified atom stereocenters. The van der Waals surface area contributed by atoms with Gasteiger partial charge >= 0.3 is 0 Å². The second kappa shape index (κ2) is 5.74. The van der Waals surface area contributed by atoms with Crippen LogP contribution in [0.3, 0.4) is 0 Å². The van der Waals surface area contributed by atoms with Crippen molar-refractivity contribution in [1.82, 2.24) is 14.6 Å². The molecule has 2 aromatic heterocycles. The van der Waals surface area contributed by atoms with Crippen molar-refractivity contribution < 1.29 is 12.6 Å². The minimum Gasteiger partial charge on any atom is -0.284 e. The van der Waals surface area contributed by atoms with Crippen LogP contribution in [0.5, 0.6) is 0 Å². The first-order valence-electron chi connectivity index (χ1n) is 6.60. The molecule has 0 amide bonds. The third kappa shape index (κ3) is 3.40. The predicted molar refractivity (Wildman–Crippen MR) is 89.2 cm³/mol. The number of aromatic nitrogens is 3. The van der Waals surface area contributed by atoms with Gasteiger partial charge in [-0.25, -0.2) is 17.9 Å². The summed E-state index contributed by atoms with van der Waals surface area (Å²) in [5.74, 6) is 0. The molecule has 2 heterocycles. The van der Waals surface area contributed by atoms with Gasteiger partial charge < -0.3 is 0 Å². The van der Waals surface area contributed by atoms with Gasteiger partial charge in [0.05, 0.1) is 34.5 Å². The molecule has 0 fully saturated rings. The summed E-state index contributed by atoms with van der Waals surface area (Å²) in [5.41, 5.74) is 2.76. The molecule has 0 spiro atoms. The molecule has 1 aromatic carbocycles. The highest BCUT2D eigenvalue weighted by atomic mass is 32.2. The number of nitrogens with zero attached hydrogens (tertiary/aromatic N) is 3. The highest BCUT2D eigenvalue weighted by molar-refractivity contribution is 7.92. The molecule has 3 aromatic rings. The molecular weight excluding hydrogens is 336 g/mol. The van der Waals surface area contributed by atoms with E-state index in [1.807, 2.05) is 18.2 Å². The van der Waals surface area contributed by atoms with E-state index in [4.69, 9.17) is 0 Å². The zero-order valence-electron chi connectivity index (χ0n) is 12.4. The van der Waals surface area contributed by atoms with Crippen LogP contribution in [0.2, 0.25) is 0 Å². The summed E-state index contributed by atoms with van der Waals surface area (Å²) >= 11 is 0. The fourth-order valence-corrected chi connectivity index (χ4v) is 3.15. The zero-order chi connectivity index (χ0) is 16.6. The van der Waals surface area contributed by atoms with Crippen molar-refractivity contribution in [3.05, 3.63) is 42.6 Å². The highest BCUT2D eigenvalue weighted by Gasteiger charge is 2.10. The molecule has 0 saturated carbocycles. The number of fused-ring (bicyclic) bond motifs is 1. The number of hydrogen-bond acceptors (Lipinski definition) is 5. The van der Waals surface area contributed by atoms with Crippen LogP contribution in [0.25, 0.3) is 16.8 Å². The summed E-state index contributed by atoms with van der Waals surface area (Å²) in [6.07, 6.45) is 4.22. The standard InChI is InChI=1S/C14H14N4O3S2/c1-22(19)14-15-9-12-6-7-13(18(12)16-14)10-4-3-5-11(8-10)17-23(2,20)21/h3-9,17H,1-2H3. The summed E-state index contributed by atoms with van der Waals surface area (Å²) in [4.78, 5) is 4.06. The molecule has 1 N–H and O–H groups in total. The summed E-state index contributed by atoms with van der Waals surface area (Å²) < 4.78 is 38.4. The maximum Gasteiger partial charge on any atom is 0.237 e. The summed E-state index contributed by atoms with van der Waals surface area (Å²) in [6.45, 7) is 0. The molecule has 3 rings (SSSR count). The van der Waals surface area contributed by atoms with Crippen molar-refractivity contribution in [2.45, 2.75) is 5.16 Å². The van der Waals surface area contributed by atoms with Gasteiger partial charge in [0.2, 0.25) is 15.2 Å². The third-order valence-corrected chi connectivity index (χ3v) is 4.40. The van der Waals surface area contributed by atoms with Gasteiger partial charge in [-0.2, -0.15) is 0 Å². The maximum atomic E-state index is 11.6. The molecule has 0 aliphatic carbocycles. The van der Waals surface area contributed by atoms with Gasteiger partial charge in [0.1, 0.15) is 0 Å². The molecule has 0 bridgehead atoms. The molecule has 1 atom stereocenters. The number of anilines is 1. The van der Waals surface area contributed by atoms with Crippen LogP contribution in [0.4, 0.5) is 5.69 Å². The molecule has 0 saturated heterocycles. The quantitative estimate of drug-likeness (QED) is 0.770. The molecule has 9 heteroatoms. The van der Waals surface area contributed by atoms with Crippen molar-refractivity contribution in [3.63, 3.8) is 0 Å². The fraction of sp³-hybridized carbons (Fsp3) is 0.143. The Morgan fingerprint density at radius 3 is 2.70 bits per heavy atom. The zero-order valence-corrected chi connectivity index (χ0v) is 14.1. The first-order chi connectivity index (χ1) is 10.8. The highest BCUT2D eigenvalue weighted by Crippen LogP contribution is 2.24. The average Bonchev–Trinajstić information content (AvgIpc) is 2.88. The van der Waals surface area contributed by atoms with Gasteiger partial charge in [0.25, 0.3) is 0 Å². The van der Waals surface area contributed by atoms with Crippen LogP contribution in [-0.2, 0) is 20.8 Å². The lowest BCUT2D eigenvalue weighted by atomic mass is 10.1. The Morgan fingerprint density at radius 2 is 2.00 bits per heavy atom. The van der Waals surface area contributed by atoms with Gasteiger partial charge in [-0.05, 0) is 24.3 Å². The lowest BCUT2D eigenvalue weighted by Gasteiger charge is -2.07. The van der Waals surface area contributed by atoms with Crippen LogP contribution in [0.15, 0.2) is 47.8 Å². The van der Waals surface area contributed by atoms with E-state index in [9.17, 15) is 12.6 Å². The summed E-state index contributed by atoms with van der Waals surface area (Å²) in [5, 5.41) is 4.52. The van der Waals surface area contributed by atoms with Crippen LogP contribution >= 0.6 is 0 Å². The Hall–Kier alpha value is -2.26. The van der Waals surface area contributed by atoms with E-state index in [-0.39, 0.29) is 5.16 Å². The first kappa shape index (κ1) is 15.6. The number of hydrogen-bond donors (Lipinski definition) is 1. The van der Waals surface area contributed by atoms with Crippen molar-refractivity contribution in [2.24, 2.45) is 0 Å². The Balaban J connectivity index is 2.11. The van der Waals surface area contributed by atoms with Crippen LogP contribution in [0, 0.1) is 0 Å². The maximum absolute atomic E-state index is 11.6. The number of nitrogens with one attached hydrogen (secondary N) is 1. The van der Waals surface area contributed by atoms with E-state index in [1.54, 1.807) is 28.9 Å². The lowest BCUT2D eigenvalue weighted by molar-refractivity contribution is 0.607. The topological polar surface area (TPSA) is 93.4 Å². The van der Waals surface area contributed by atoms with E-state index in [0.717, 1.165) is 23.0 Å². The SMILES string of the molecule is CS(=O)c1ncc2ccc(-c3cccc(NS(C)(=O)=O)c3)n2n1. The molecule has 0 aliphatic rings. The molecule has 23 heavy (non-hydrogen) atoms. The Kier molecular flexibility index (Phi) is 3.90. The minimum absolute atomic E-state index is 0.236. The summed E-state index contributed by atoms with van der Waals surface area (Å²) in [6, 6.07) is 10.7. The largest absolute Gasteiger partial charge is 0.284 e. The second-order valence-corrected chi connectivity index (χ2v) is 8.03. The van der Waals surface area contributed by atoms with Crippen molar-refractivity contribution >= 4 is 32.0 Å². The normalized spacial score (nSPS) is 13.1. The third-order valence-electron chi connectivity index (χ3n) is 3.10. The number of rotatable bonds is 4. The minimum atomic E-state index is -3.35. The van der Waals surface area contributed by atoms with Gasteiger partial charge in [0.15, 0.2) is 0 Å². The van der Waals surface area contributed by atoms with Crippen LogP contribution < -0.4 is 4.72 Å². The Labute approximate surface area is 135 Å². The molecule has 0 aliphatic heterocycles. The van der Waals surface area contributed by atoms with E-state index < -0.39 is 20.8 Å². The van der Waals surface area contributed by atoms with Crippen molar-refractivity contribution in [2.75, 3.05) is 17.2 Å². The Bertz CT molecular complexity index is 1010. The van der Waals surface area contributed by atoms with Crippen LogP contribution in [-0.4, -0.2) is 39.7 Å². The van der Waals surface area contributed by atoms with Crippen LogP contribution in [0.1, 0.15) is 0 Å². The van der Waals surface area contributed by atoms with E-state index in [0.29, 0.717) is 5.69 Å². The van der Waals surface area contributed by atoms with E-state index in [2.05, 4.69) is 14.8 Å². The van der Waals surface area contributed by atoms with Crippen molar-refractivity contribution in [1.29, 1.82) is 0 Å². The second-order valence-electron chi connectivity index (χ2n) is 5.01.